The summed E-state index contributed by atoms with van der Waals surface area (Å²) in [6.07, 6.45) is 1.59. The number of amides is 2. The van der Waals surface area contributed by atoms with Gasteiger partial charge in [-0.25, -0.2) is 13.9 Å². The molecule has 2 aromatic carbocycles. The maximum Gasteiger partial charge on any atom is 0.264 e. The van der Waals surface area contributed by atoms with Crippen LogP contribution in [0, 0.1) is 0 Å². The van der Waals surface area contributed by atoms with Gasteiger partial charge in [-0.05, 0) is 48.2 Å². The van der Waals surface area contributed by atoms with Crippen LogP contribution in [0.4, 0.5) is 5.69 Å². The highest BCUT2D eigenvalue weighted by Gasteiger charge is 2.36. The third-order valence-corrected chi connectivity index (χ3v) is 6.77. The number of hydrogen-bond donors (Lipinski definition) is 4. The lowest BCUT2D eigenvalue weighted by Gasteiger charge is -2.20. The molecule has 1 heterocycles. The molecule has 3 rings (SSSR count). The molecule has 0 fully saturated rings. The molecule has 0 saturated carbocycles. The van der Waals surface area contributed by atoms with Gasteiger partial charge in [0.15, 0.2) is 10.7 Å². The molecule has 1 unspecified atom stereocenters. The van der Waals surface area contributed by atoms with Crippen molar-refractivity contribution in [3.05, 3.63) is 88.8 Å². The second kappa shape index (κ2) is 10.9. The van der Waals surface area contributed by atoms with Gasteiger partial charge in [0.05, 0.1) is 6.42 Å². The van der Waals surface area contributed by atoms with Crippen molar-refractivity contribution in [1.29, 1.82) is 0 Å². The minimum Gasteiger partial charge on any atom is -0.326 e. The predicted octanol–water partition coefficient (Wildman–Crippen LogP) is 1.96. The number of carbonyl (C=O) groups is 2. The number of carbonyl (C=O) groups excluding carboxylic acids is 2. The Morgan fingerprint density at radius 3 is 2.26 bits per heavy atom. The van der Waals surface area contributed by atoms with Crippen LogP contribution in [0.25, 0.3) is 11.1 Å². The summed E-state index contributed by atoms with van der Waals surface area (Å²) in [5.41, 5.74) is 3.94. The van der Waals surface area contributed by atoms with Crippen LogP contribution in [0.5, 0.6) is 0 Å². The van der Waals surface area contributed by atoms with Crippen LogP contribution in [0.2, 0.25) is 0 Å². The Labute approximate surface area is 198 Å². The van der Waals surface area contributed by atoms with Gasteiger partial charge in [-0.3, -0.25) is 19.6 Å². The zero-order valence-electron chi connectivity index (χ0n) is 18.4. The molecule has 0 aliphatic rings. The lowest BCUT2D eigenvalue weighted by atomic mass is 10.1. The first kappa shape index (κ1) is 24.9. The van der Waals surface area contributed by atoms with E-state index in [1.54, 1.807) is 30.3 Å². The van der Waals surface area contributed by atoms with Crippen molar-refractivity contribution in [2.24, 2.45) is 0 Å². The van der Waals surface area contributed by atoms with Crippen molar-refractivity contribution in [2.75, 3.05) is 5.32 Å². The van der Waals surface area contributed by atoms with Crippen LogP contribution in [0.15, 0.2) is 77.7 Å². The van der Waals surface area contributed by atoms with Crippen molar-refractivity contribution in [3.63, 3.8) is 0 Å². The number of aryl methyl sites for hydroxylation is 1. The molecule has 0 spiro atoms. The van der Waals surface area contributed by atoms with Crippen molar-refractivity contribution < 1.29 is 23.2 Å². The minimum absolute atomic E-state index is 0.0290. The average Bonchev–Trinajstić information content (AvgIpc) is 2.83. The highest BCUT2D eigenvalue weighted by atomic mass is 32.2. The minimum atomic E-state index is -3.18. The molecule has 9 nitrogen and oxygen atoms in total. The fourth-order valence-corrected chi connectivity index (χ4v) is 3.85. The number of anilines is 1. The molecule has 0 bridgehead atoms. The maximum absolute atomic E-state index is 12.5. The van der Waals surface area contributed by atoms with E-state index in [1.165, 1.54) is 29.2 Å². The molecule has 178 valence electrons. The summed E-state index contributed by atoms with van der Waals surface area (Å²) in [4.78, 5) is 36.5. The number of pyridine rings is 1. The van der Waals surface area contributed by atoms with Crippen molar-refractivity contribution >= 4 is 28.2 Å². The highest BCUT2D eigenvalue weighted by Crippen LogP contribution is 2.21. The number of hydrogen-bond acceptors (Lipinski definition) is 6. The molecule has 0 aliphatic carbocycles. The third kappa shape index (κ3) is 5.97. The number of thiol groups is 1. The smallest absolute Gasteiger partial charge is 0.264 e. The SMILES string of the molecule is CC(CCn1ccc(-c2ccc(NC(=O)Cc3ccccc3)cc2)cc1=O)(C(=O)NO)[SH](=O)=O. The van der Waals surface area contributed by atoms with Gasteiger partial charge in [0.1, 0.15) is 4.75 Å². The quantitative estimate of drug-likeness (QED) is 0.209. The van der Waals surface area contributed by atoms with Gasteiger partial charge in [0, 0.05) is 24.5 Å². The molecule has 0 aliphatic heterocycles. The van der Waals surface area contributed by atoms with Gasteiger partial charge in [-0.1, -0.05) is 42.5 Å². The second-order valence-electron chi connectivity index (χ2n) is 7.96. The van der Waals surface area contributed by atoms with Gasteiger partial charge >= 0.3 is 0 Å². The van der Waals surface area contributed by atoms with E-state index < -0.39 is 21.4 Å². The van der Waals surface area contributed by atoms with Gasteiger partial charge in [0.2, 0.25) is 5.91 Å². The van der Waals surface area contributed by atoms with Crippen LogP contribution >= 0.6 is 0 Å². The zero-order chi connectivity index (χ0) is 24.7. The van der Waals surface area contributed by atoms with E-state index in [1.807, 2.05) is 30.3 Å². The van der Waals surface area contributed by atoms with Crippen LogP contribution in [0.1, 0.15) is 18.9 Å². The van der Waals surface area contributed by atoms with Gasteiger partial charge in [-0.2, -0.15) is 0 Å². The lowest BCUT2D eigenvalue weighted by molar-refractivity contribution is -0.131. The number of rotatable bonds is 9. The van der Waals surface area contributed by atoms with E-state index >= 15 is 0 Å². The van der Waals surface area contributed by atoms with Gasteiger partial charge < -0.3 is 9.88 Å². The fourth-order valence-electron chi connectivity index (χ4n) is 3.35. The first-order valence-corrected chi connectivity index (χ1v) is 11.6. The van der Waals surface area contributed by atoms with E-state index in [9.17, 15) is 22.8 Å². The Balaban J connectivity index is 1.67. The Morgan fingerprint density at radius 1 is 1.00 bits per heavy atom. The summed E-state index contributed by atoms with van der Waals surface area (Å²) in [5.74, 6) is -1.19. The summed E-state index contributed by atoms with van der Waals surface area (Å²) < 4.78 is 22.5. The normalized spacial score (nSPS) is 12.7. The number of benzene rings is 2. The topological polar surface area (TPSA) is 135 Å². The number of hydroxylamine groups is 1. The summed E-state index contributed by atoms with van der Waals surface area (Å²) in [6.45, 7) is 1.16. The summed E-state index contributed by atoms with van der Waals surface area (Å²) in [6, 6.07) is 19.6. The number of nitrogens with zero attached hydrogens (tertiary/aromatic N) is 1. The Morgan fingerprint density at radius 2 is 1.68 bits per heavy atom. The Hall–Kier alpha value is -3.76. The average molecular weight is 484 g/mol. The molecule has 3 N–H and O–H groups in total. The molecule has 10 heteroatoms. The molecule has 0 radical (unpaired) electrons. The molecule has 3 aromatic rings. The summed E-state index contributed by atoms with van der Waals surface area (Å²) >= 11 is 0. The highest BCUT2D eigenvalue weighted by molar-refractivity contribution is 7.75. The van der Waals surface area contributed by atoms with E-state index in [4.69, 9.17) is 5.21 Å². The molecule has 2 amide bonds. The van der Waals surface area contributed by atoms with E-state index in [0.717, 1.165) is 11.1 Å². The fraction of sp³-hybridized carbons (Fsp3) is 0.208. The third-order valence-electron chi connectivity index (χ3n) is 5.54. The zero-order valence-corrected chi connectivity index (χ0v) is 19.3. The summed E-state index contributed by atoms with van der Waals surface area (Å²) in [7, 11) is -3.18. The van der Waals surface area contributed by atoms with Crippen molar-refractivity contribution in [3.8, 4) is 11.1 Å². The predicted molar refractivity (Wildman–Crippen MR) is 128 cm³/mol. The standard InChI is InChI=1S/C24H25N3O6S/c1-24(34(32)33,23(30)26-31)12-14-27-13-11-19(16-22(27)29)18-7-9-20(10-8-18)25-21(28)15-17-5-3-2-4-6-17/h2-11,13,16,31,34H,12,14-15H2,1H3,(H,25,28)(H,26,30). The Kier molecular flexibility index (Phi) is 7.98. The maximum atomic E-state index is 12.5. The largest absolute Gasteiger partial charge is 0.326 e. The first-order chi connectivity index (χ1) is 16.2. The van der Waals surface area contributed by atoms with E-state index in [0.29, 0.717) is 11.3 Å². The number of aromatic nitrogens is 1. The van der Waals surface area contributed by atoms with E-state index in [-0.39, 0.29) is 30.9 Å². The van der Waals surface area contributed by atoms with Crippen LogP contribution in [0.3, 0.4) is 0 Å². The van der Waals surface area contributed by atoms with Crippen molar-refractivity contribution in [2.45, 2.75) is 31.1 Å². The van der Waals surface area contributed by atoms with E-state index in [2.05, 4.69) is 5.32 Å². The molecule has 34 heavy (non-hydrogen) atoms. The van der Waals surface area contributed by atoms with Crippen molar-refractivity contribution in [1.82, 2.24) is 10.0 Å². The van der Waals surface area contributed by atoms with Crippen LogP contribution in [-0.2, 0) is 33.3 Å². The molecular weight excluding hydrogens is 458 g/mol. The second-order valence-corrected chi connectivity index (χ2v) is 9.46. The number of nitrogens with one attached hydrogen (secondary N) is 2. The summed E-state index contributed by atoms with van der Waals surface area (Å²) in [5, 5.41) is 11.6. The molecular formula is C24H25N3O6S. The molecule has 0 saturated heterocycles. The Bertz CT molecular complexity index is 1290. The monoisotopic (exact) mass is 483 g/mol. The first-order valence-electron chi connectivity index (χ1n) is 10.5. The molecule has 1 aromatic heterocycles. The molecule has 1 atom stereocenters. The van der Waals surface area contributed by atoms with Gasteiger partial charge in [-0.15, -0.1) is 0 Å². The van der Waals surface area contributed by atoms with Gasteiger partial charge in [0.25, 0.3) is 11.5 Å². The van der Waals surface area contributed by atoms with Crippen LogP contribution in [-0.4, -0.2) is 34.8 Å². The van der Waals surface area contributed by atoms with Crippen LogP contribution < -0.4 is 16.4 Å². The lowest BCUT2D eigenvalue weighted by Crippen LogP contribution is -2.45.